The molecule has 0 amide bonds. The van der Waals surface area contributed by atoms with Gasteiger partial charge in [-0.2, -0.15) is 5.10 Å². The minimum atomic E-state index is -4.70. The second-order valence-electron chi connectivity index (χ2n) is 4.31. The summed E-state index contributed by atoms with van der Waals surface area (Å²) in [4.78, 5) is 7.93. The molecule has 3 rings (SSSR count). The van der Waals surface area contributed by atoms with Crippen molar-refractivity contribution in [3.05, 3.63) is 55.2 Å². The van der Waals surface area contributed by atoms with E-state index in [9.17, 15) is 13.2 Å². The summed E-state index contributed by atoms with van der Waals surface area (Å²) < 4.78 is 41.7. The molecule has 8 heteroatoms. The minimum Gasteiger partial charge on any atom is -0.406 e. The zero-order chi connectivity index (χ0) is 15.6. The van der Waals surface area contributed by atoms with E-state index < -0.39 is 6.36 Å². The number of hydrogen-bond donors (Lipinski definition) is 0. The fraction of sp³-hybridized carbons (Fsp3) is 0.0714. The van der Waals surface area contributed by atoms with Crippen LogP contribution in [0.25, 0.3) is 16.9 Å². The van der Waals surface area contributed by atoms with Crippen LogP contribution in [-0.2, 0) is 0 Å². The molecule has 0 aliphatic rings. The van der Waals surface area contributed by atoms with Gasteiger partial charge in [0.05, 0.1) is 17.6 Å². The van der Waals surface area contributed by atoms with Crippen LogP contribution in [0.4, 0.5) is 13.2 Å². The summed E-state index contributed by atoms with van der Waals surface area (Å²) in [6, 6.07) is 7.17. The van der Waals surface area contributed by atoms with Gasteiger partial charge >= 0.3 is 6.36 Å². The summed E-state index contributed by atoms with van der Waals surface area (Å²) in [6.45, 7) is 0. The predicted octanol–water partition coefficient (Wildman–Crippen LogP) is 3.23. The highest BCUT2D eigenvalue weighted by Crippen LogP contribution is 2.24. The van der Waals surface area contributed by atoms with E-state index in [1.54, 1.807) is 24.7 Å². The summed E-state index contributed by atoms with van der Waals surface area (Å²) >= 11 is 0. The van der Waals surface area contributed by atoms with Crippen molar-refractivity contribution in [3.8, 4) is 22.7 Å². The van der Waals surface area contributed by atoms with Gasteiger partial charge < -0.3 is 4.74 Å². The molecule has 0 aliphatic carbocycles. The number of benzene rings is 1. The molecular formula is C14H9F3N4O. The van der Waals surface area contributed by atoms with Crippen molar-refractivity contribution in [1.82, 2.24) is 19.7 Å². The average Bonchev–Trinajstić information content (AvgIpc) is 2.97. The molecule has 0 spiro atoms. The molecule has 0 bridgehead atoms. The first-order chi connectivity index (χ1) is 10.5. The Morgan fingerprint density at radius 1 is 1.05 bits per heavy atom. The van der Waals surface area contributed by atoms with Gasteiger partial charge in [-0.3, -0.25) is 0 Å². The summed E-state index contributed by atoms with van der Waals surface area (Å²) in [5.41, 5.74) is 2.09. The van der Waals surface area contributed by atoms with Crippen LogP contribution in [0.2, 0.25) is 0 Å². The van der Waals surface area contributed by atoms with Gasteiger partial charge in [-0.15, -0.1) is 13.2 Å². The zero-order valence-electron chi connectivity index (χ0n) is 11.0. The van der Waals surface area contributed by atoms with Crippen molar-refractivity contribution in [1.29, 1.82) is 0 Å². The van der Waals surface area contributed by atoms with E-state index in [-0.39, 0.29) is 5.75 Å². The topological polar surface area (TPSA) is 52.8 Å². The van der Waals surface area contributed by atoms with Crippen molar-refractivity contribution >= 4 is 0 Å². The van der Waals surface area contributed by atoms with Gasteiger partial charge in [0.25, 0.3) is 0 Å². The SMILES string of the molecule is FC(F)(F)Oc1ccc(-n2cc(-c3ccncn3)cn2)cc1. The molecular weight excluding hydrogens is 297 g/mol. The maximum atomic E-state index is 12.1. The molecule has 0 aliphatic heterocycles. The van der Waals surface area contributed by atoms with Crippen molar-refractivity contribution in [2.45, 2.75) is 6.36 Å². The number of hydrogen-bond acceptors (Lipinski definition) is 4. The molecule has 5 nitrogen and oxygen atoms in total. The Bertz CT molecular complexity index is 754. The highest BCUT2D eigenvalue weighted by molar-refractivity contribution is 5.57. The van der Waals surface area contributed by atoms with E-state index in [1.807, 2.05) is 0 Å². The van der Waals surface area contributed by atoms with Gasteiger partial charge in [0, 0.05) is 18.0 Å². The summed E-state index contributed by atoms with van der Waals surface area (Å²) in [7, 11) is 0. The van der Waals surface area contributed by atoms with Crippen LogP contribution in [0.1, 0.15) is 0 Å². The molecule has 0 fully saturated rings. The number of nitrogens with zero attached hydrogens (tertiary/aromatic N) is 4. The third-order valence-electron chi connectivity index (χ3n) is 2.80. The fourth-order valence-electron chi connectivity index (χ4n) is 1.86. The molecule has 0 N–H and O–H groups in total. The van der Waals surface area contributed by atoms with Crippen LogP contribution in [0.3, 0.4) is 0 Å². The van der Waals surface area contributed by atoms with Gasteiger partial charge in [-0.05, 0) is 30.3 Å². The number of alkyl halides is 3. The van der Waals surface area contributed by atoms with E-state index in [4.69, 9.17) is 0 Å². The second kappa shape index (κ2) is 5.47. The third-order valence-corrected chi connectivity index (χ3v) is 2.80. The Morgan fingerprint density at radius 2 is 1.82 bits per heavy atom. The fourth-order valence-corrected chi connectivity index (χ4v) is 1.86. The first-order valence-corrected chi connectivity index (χ1v) is 6.18. The number of halogens is 3. The molecule has 1 aromatic carbocycles. The summed E-state index contributed by atoms with van der Waals surface area (Å²) in [5.74, 6) is -0.278. The van der Waals surface area contributed by atoms with Crippen molar-refractivity contribution in [2.24, 2.45) is 0 Å². The number of rotatable bonds is 3. The van der Waals surface area contributed by atoms with E-state index >= 15 is 0 Å². The molecule has 112 valence electrons. The van der Waals surface area contributed by atoms with Crippen LogP contribution in [-0.4, -0.2) is 26.1 Å². The van der Waals surface area contributed by atoms with E-state index in [1.165, 1.54) is 35.3 Å². The van der Waals surface area contributed by atoms with Crippen LogP contribution in [0, 0.1) is 0 Å². The first-order valence-electron chi connectivity index (χ1n) is 6.18. The summed E-state index contributed by atoms with van der Waals surface area (Å²) in [5, 5.41) is 4.16. The molecule has 22 heavy (non-hydrogen) atoms. The molecule has 0 atom stereocenters. The monoisotopic (exact) mass is 306 g/mol. The number of aromatic nitrogens is 4. The standard InChI is InChI=1S/C14H9F3N4O/c15-14(16,17)22-12-3-1-11(2-4-12)21-8-10(7-20-21)13-5-6-18-9-19-13/h1-9H. The Balaban J connectivity index is 1.82. The van der Waals surface area contributed by atoms with Crippen LogP contribution in [0.15, 0.2) is 55.2 Å². The predicted molar refractivity (Wildman–Crippen MR) is 71.3 cm³/mol. The molecule has 0 saturated heterocycles. The number of ether oxygens (including phenoxy) is 1. The Hall–Kier alpha value is -2.90. The molecule has 2 aromatic heterocycles. The van der Waals surface area contributed by atoms with Gasteiger partial charge in [-0.1, -0.05) is 0 Å². The quantitative estimate of drug-likeness (QED) is 0.745. The van der Waals surface area contributed by atoms with Crippen LogP contribution >= 0.6 is 0 Å². The largest absolute Gasteiger partial charge is 0.573 e. The maximum Gasteiger partial charge on any atom is 0.573 e. The zero-order valence-corrected chi connectivity index (χ0v) is 11.0. The van der Waals surface area contributed by atoms with Gasteiger partial charge in [0.2, 0.25) is 0 Å². The van der Waals surface area contributed by atoms with Crippen molar-refractivity contribution in [3.63, 3.8) is 0 Å². The lowest BCUT2D eigenvalue weighted by atomic mass is 10.2. The van der Waals surface area contributed by atoms with Gasteiger partial charge in [0.1, 0.15) is 12.1 Å². The molecule has 0 radical (unpaired) electrons. The second-order valence-corrected chi connectivity index (χ2v) is 4.31. The van der Waals surface area contributed by atoms with Gasteiger partial charge in [0.15, 0.2) is 0 Å². The highest BCUT2D eigenvalue weighted by atomic mass is 19.4. The summed E-state index contributed by atoms with van der Waals surface area (Å²) in [6.07, 6.45) is 1.68. The third kappa shape index (κ3) is 3.22. The van der Waals surface area contributed by atoms with E-state index in [2.05, 4.69) is 19.8 Å². The lowest BCUT2D eigenvalue weighted by Crippen LogP contribution is -2.17. The Morgan fingerprint density at radius 3 is 2.45 bits per heavy atom. The molecule has 0 saturated carbocycles. The normalized spacial score (nSPS) is 11.4. The molecule has 0 unspecified atom stereocenters. The Kier molecular flexibility index (Phi) is 3.50. The van der Waals surface area contributed by atoms with Crippen molar-refractivity contribution in [2.75, 3.05) is 0 Å². The van der Waals surface area contributed by atoms with E-state index in [0.717, 1.165) is 5.56 Å². The smallest absolute Gasteiger partial charge is 0.406 e. The Labute approximate surface area is 123 Å². The van der Waals surface area contributed by atoms with E-state index in [0.29, 0.717) is 11.4 Å². The van der Waals surface area contributed by atoms with Crippen LogP contribution in [0.5, 0.6) is 5.75 Å². The maximum absolute atomic E-state index is 12.1. The first kappa shape index (κ1) is 14.1. The highest BCUT2D eigenvalue weighted by Gasteiger charge is 2.30. The van der Waals surface area contributed by atoms with Crippen molar-refractivity contribution < 1.29 is 17.9 Å². The average molecular weight is 306 g/mol. The van der Waals surface area contributed by atoms with Crippen LogP contribution < -0.4 is 4.74 Å². The minimum absolute atomic E-state index is 0.278. The lowest BCUT2D eigenvalue weighted by molar-refractivity contribution is -0.274. The molecule has 2 heterocycles. The lowest BCUT2D eigenvalue weighted by Gasteiger charge is -2.09. The molecule has 3 aromatic rings. The van der Waals surface area contributed by atoms with Gasteiger partial charge in [-0.25, -0.2) is 14.6 Å².